The maximum Gasteiger partial charge on any atom is 0.215 e. The molecule has 0 bridgehead atoms. The summed E-state index contributed by atoms with van der Waals surface area (Å²) in [6, 6.07) is 11.2. The molecule has 27 heavy (non-hydrogen) atoms. The number of halogens is 1. The van der Waals surface area contributed by atoms with E-state index < -0.39 is 15.8 Å². The van der Waals surface area contributed by atoms with Crippen molar-refractivity contribution in [2.75, 3.05) is 6.54 Å². The van der Waals surface area contributed by atoms with Crippen LogP contribution < -0.4 is 4.72 Å². The van der Waals surface area contributed by atoms with E-state index in [2.05, 4.69) is 14.8 Å². The van der Waals surface area contributed by atoms with Crippen molar-refractivity contribution in [1.29, 1.82) is 0 Å². The molecule has 142 valence electrons. The van der Waals surface area contributed by atoms with Crippen LogP contribution in [0.4, 0.5) is 4.39 Å². The molecule has 1 aromatic carbocycles. The monoisotopic (exact) mass is 388 g/mol. The van der Waals surface area contributed by atoms with Gasteiger partial charge in [-0.25, -0.2) is 27.2 Å². The van der Waals surface area contributed by atoms with Crippen molar-refractivity contribution < 1.29 is 12.8 Å². The lowest BCUT2D eigenvalue weighted by atomic mass is 10.1. The number of rotatable bonds is 7. The Bertz CT molecular complexity index is 1030. The molecule has 2 heterocycles. The van der Waals surface area contributed by atoms with Crippen molar-refractivity contribution in [2.24, 2.45) is 0 Å². The van der Waals surface area contributed by atoms with Gasteiger partial charge in [0.25, 0.3) is 0 Å². The normalized spacial score (nSPS) is 11.7. The Labute approximate surface area is 158 Å². The third-order valence-electron chi connectivity index (χ3n) is 4.25. The van der Waals surface area contributed by atoms with Crippen LogP contribution in [0.25, 0.3) is 5.82 Å². The highest BCUT2D eigenvalue weighted by Gasteiger charge is 2.16. The molecule has 3 aromatic rings. The molecular weight excluding hydrogens is 367 g/mol. The number of aromatic nitrogens is 3. The predicted octanol–water partition coefficient (Wildman–Crippen LogP) is 2.69. The highest BCUT2D eigenvalue weighted by Crippen LogP contribution is 2.17. The van der Waals surface area contributed by atoms with Gasteiger partial charge in [-0.05, 0) is 55.7 Å². The number of sulfonamides is 1. The first-order chi connectivity index (χ1) is 12.9. The largest absolute Gasteiger partial charge is 0.237 e. The highest BCUT2D eigenvalue weighted by atomic mass is 32.2. The molecule has 0 saturated carbocycles. The number of nitrogens with one attached hydrogen (secondary N) is 1. The number of benzene rings is 1. The maximum atomic E-state index is 13.2. The van der Waals surface area contributed by atoms with Gasteiger partial charge in [-0.2, -0.15) is 5.10 Å². The predicted molar refractivity (Wildman–Crippen MR) is 102 cm³/mol. The average Bonchev–Trinajstić information content (AvgIpc) is 2.90. The van der Waals surface area contributed by atoms with E-state index >= 15 is 0 Å². The summed E-state index contributed by atoms with van der Waals surface area (Å²) < 4.78 is 42.0. The number of aryl methyl sites for hydroxylation is 1. The molecule has 0 atom stereocenters. The lowest BCUT2D eigenvalue weighted by molar-refractivity contribution is 0.580. The highest BCUT2D eigenvalue weighted by molar-refractivity contribution is 7.88. The molecule has 0 unspecified atom stereocenters. The van der Waals surface area contributed by atoms with Gasteiger partial charge in [0.2, 0.25) is 10.0 Å². The van der Waals surface area contributed by atoms with Crippen LogP contribution in [0.15, 0.2) is 48.7 Å². The number of hydrogen-bond donors (Lipinski definition) is 1. The molecule has 8 heteroatoms. The molecule has 0 aliphatic heterocycles. The van der Waals surface area contributed by atoms with Crippen molar-refractivity contribution in [2.45, 2.75) is 26.0 Å². The molecule has 0 radical (unpaired) electrons. The van der Waals surface area contributed by atoms with E-state index in [0.717, 1.165) is 22.8 Å². The summed E-state index contributed by atoms with van der Waals surface area (Å²) in [7, 11) is -3.55. The van der Waals surface area contributed by atoms with E-state index in [1.807, 2.05) is 32.0 Å². The summed E-state index contributed by atoms with van der Waals surface area (Å²) in [4.78, 5) is 4.30. The molecular formula is C19H21FN4O2S. The lowest BCUT2D eigenvalue weighted by Gasteiger charge is -2.08. The zero-order chi connectivity index (χ0) is 19.4. The van der Waals surface area contributed by atoms with Gasteiger partial charge in [-0.3, -0.25) is 0 Å². The molecule has 0 aliphatic carbocycles. The van der Waals surface area contributed by atoms with Crippen molar-refractivity contribution >= 4 is 10.0 Å². The minimum atomic E-state index is -3.55. The fourth-order valence-electron chi connectivity index (χ4n) is 2.97. The summed E-state index contributed by atoms with van der Waals surface area (Å²) >= 11 is 0. The van der Waals surface area contributed by atoms with Crippen LogP contribution in [0, 0.1) is 19.7 Å². The van der Waals surface area contributed by atoms with Crippen LogP contribution >= 0.6 is 0 Å². The molecule has 6 nitrogen and oxygen atoms in total. The molecule has 0 aliphatic rings. The zero-order valence-electron chi connectivity index (χ0n) is 15.2. The molecule has 0 fully saturated rings. The third kappa shape index (κ3) is 4.78. The minimum Gasteiger partial charge on any atom is -0.237 e. The van der Waals surface area contributed by atoms with Crippen LogP contribution in [0.3, 0.4) is 0 Å². The second-order valence-electron chi connectivity index (χ2n) is 6.28. The number of pyridine rings is 1. The van der Waals surface area contributed by atoms with E-state index in [4.69, 9.17) is 0 Å². The molecule has 1 N–H and O–H groups in total. The van der Waals surface area contributed by atoms with Crippen LogP contribution in [0.5, 0.6) is 0 Å². The molecule has 0 saturated heterocycles. The summed E-state index contributed by atoms with van der Waals surface area (Å²) in [5.41, 5.74) is 3.16. The Hall–Kier alpha value is -2.58. The minimum absolute atomic E-state index is 0.243. The Morgan fingerprint density at radius 3 is 2.67 bits per heavy atom. The molecule has 2 aromatic heterocycles. The topological polar surface area (TPSA) is 76.9 Å². The Morgan fingerprint density at radius 2 is 1.96 bits per heavy atom. The smallest absolute Gasteiger partial charge is 0.215 e. The zero-order valence-corrected chi connectivity index (χ0v) is 16.0. The first-order valence-electron chi connectivity index (χ1n) is 8.54. The van der Waals surface area contributed by atoms with E-state index in [1.165, 1.54) is 18.2 Å². The van der Waals surface area contributed by atoms with Crippen LogP contribution in [0.1, 0.15) is 22.5 Å². The van der Waals surface area contributed by atoms with E-state index in [0.29, 0.717) is 12.0 Å². The van der Waals surface area contributed by atoms with Crippen LogP contribution in [-0.4, -0.2) is 29.7 Å². The van der Waals surface area contributed by atoms with Gasteiger partial charge in [0.05, 0.1) is 11.4 Å². The van der Waals surface area contributed by atoms with E-state index in [9.17, 15) is 12.8 Å². The lowest BCUT2D eigenvalue weighted by Crippen LogP contribution is -2.27. The quantitative estimate of drug-likeness (QED) is 0.675. The average molecular weight is 388 g/mol. The number of nitrogens with zero attached hydrogens (tertiary/aromatic N) is 3. The Kier molecular flexibility index (Phi) is 5.67. The van der Waals surface area contributed by atoms with Crippen molar-refractivity contribution in [1.82, 2.24) is 19.5 Å². The third-order valence-corrected chi connectivity index (χ3v) is 5.61. The van der Waals surface area contributed by atoms with Crippen molar-refractivity contribution in [3.8, 4) is 5.82 Å². The van der Waals surface area contributed by atoms with Gasteiger partial charge in [-0.15, -0.1) is 0 Å². The summed E-state index contributed by atoms with van der Waals surface area (Å²) in [6.45, 7) is 4.07. The first-order valence-corrected chi connectivity index (χ1v) is 10.2. The molecule has 0 spiro atoms. The standard InChI is InChI=1S/C19H21FN4O2S/c1-14-18(15(2)24(23-14)19-8-3-4-10-21-19)9-11-22-27(25,26)13-16-6-5-7-17(20)12-16/h3-8,10,12,22H,9,11,13H2,1-2H3. The summed E-state index contributed by atoms with van der Waals surface area (Å²) in [5, 5.41) is 4.51. The second kappa shape index (κ2) is 7.98. The van der Waals surface area contributed by atoms with Gasteiger partial charge in [-0.1, -0.05) is 18.2 Å². The van der Waals surface area contributed by atoms with Crippen LogP contribution in [-0.2, 0) is 22.2 Å². The van der Waals surface area contributed by atoms with Gasteiger partial charge < -0.3 is 0 Å². The molecule has 0 amide bonds. The number of hydrogen-bond acceptors (Lipinski definition) is 4. The summed E-state index contributed by atoms with van der Waals surface area (Å²) in [6.07, 6.45) is 2.21. The molecule has 3 rings (SSSR count). The van der Waals surface area contributed by atoms with E-state index in [-0.39, 0.29) is 12.3 Å². The van der Waals surface area contributed by atoms with Gasteiger partial charge in [0, 0.05) is 18.4 Å². The summed E-state index contributed by atoms with van der Waals surface area (Å²) in [5.74, 6) is 0.0163. The Balaban J connectivity index is 1.66. The van der Waals surface area contributed by atoms with Crippen molar-refractivity contribution in [3.05, 3.63) is 77.0 Å². The van der Waals surface area contributed by atoms with Gasteiger partial charge >= 0.3 is 0 Å². The SMILES string of the molecule is Cc1nn(-c2ccccn2)c(C)c1CCNS(=O)(=O)Cc1cccc(F)c1. The van der Waals surface area contributed by atoms with Gasteiger partial charge in [0.1, 0.15) is 5.82 Å². The first kappa shape index (κ1) is 19.2. The maximum absolute atomic E-state index is 13.2. The van der Waals surface area contributed by atoms with Gasteiger partial charge in [0.15, 0.2) is 5.82 Å². The Morgan fingerprint density at radius 1 is 1.15 bits per heavy atom. The fraction of sp³-hybridized carbons (Fsp3) is 0.263. The fourth-order valence-corrected chi connectivity index (χ4v) is 4.10. The van der Waals surface area contributed by atoms with Crippen LogP contribution in [0.2, 0.25) is 0 Å². The van der Waals surface area contributed by atoms with Crippen molar-refractivity contribution in [3.63, 3.8) is 0 Å². The second-order valence-corrected chi connectivity index (χ2v) is 8.09. The van der Waals surface area contributed by atoms with E-state index in [1.54, 1.807) is 16.9 Å².